The lowest BCUT2D eigenvalue weighted by Crippen LogP contribution is -2.50. The second kappa shape index (κ2) is 6.52. The Morgan fingerprint density at radius 1 is 1.40 bits per heavy atom. The van der Waals surface area contributed by atoms with Crippen molar-refractivity contribution in [3.8, 4) is 0 Å². The molecule has 0 aromatic rings. The van der Waals surface area contributed by atoms with Gasteiger partial charge >= 0.3 is 6.09 Å². The van der Waals surface area contributed by atoms with Gasteiger partial charge in [0, 0.05) is 23.3 Å². The molecule has 7 heteroatoms. The molecule has 2 unspecified atom stereocenters. The molecular weight excluding hydrogens is 302 g/mol. The highest BCUT2D eigenvalue weighted by Crippen LogP contribution is 2.28. The number of carbonyl (C=O) groups excluding carboxylic acids is 1. The second-order valence-corrected chi connectivity index (χ2v) is 9.29. The van der Waals surface area contributed by atoms with Gasteiger partial charge in [0.25, 0.3) is 0 Å². The monoisotopic (exact) mass is 325 g/mol. The van der Waals surface area contributed by atoms with Gasteiger partial charge in [-0.05, 0) is 46.0 Å². The van der Waals surface area contributed by atoms with E-state index >= 15 is 0 Å². The summed E-state index contributed by atoms with van der Waals surface area (Å²) in [5, 5.41) is 0. The van der Waals surface area contributed by atoms with Crippen LogP contribution in [-0.4, -0.2) is 43.4 Å². The number of likely N-dealkylation sites (tertiary alicyclic amines) is 1. The fourth-order valence-electron chi connectivity index (χ4n) is 2.50. The lowest BCUT2D eigenvalue weighted by Gasteiger charge is -2.40. The van der Waals surface area contributed by atoms with Crippen LogP contribution in [0.2, 0.25) is 0 Å². The van der Waals surface area contributed by atoms with Gasteiger partial charge in [0.05, 0.1) is 5.75 Å². The summed E-state index contributed by atoms with van der Waals surface area (Å²) in [6.45, 7) is 8.08. The van der Waals surface area contributed by atoms with Crippen molar-refractivity contribution in [2.45, 2.75) is 58.6 Å². The fourth-order valence-corrected chi connectivity index (χ4v) is 3.29. The molecule has 0 saturated carbocycles. The Bertz CT molecular complexity index is 444. The number of hydrogen-bond donors (Lipinski definition) is 0. The third-order valence-electron chi connectivity index (χ3n) is 3.40. The van der Waals surface area contributed by atoms with Crippen LogP contribution in [0.1, 0.15) is 47.0 Å². The van der Waals surface area contributed by atoms with Gasteiger partial charge in [-0.2, -0.15) is 0 Å². The van der Waals surface area contributed by atoms with Crippen LogP contribution in [0, 0.1) is 5.92 Å². The summed E-state index contributed by atoms with van der Waals surface area (Å²) in [6.07, 6.45) is 1.87. The smallest absolute Gasteiger partial charge is 0.410 e. The quantitative estimate of drug-likeness (QED) is 0.748. The van der Waals surface area contributed by atoms with Crippen molar-refractivity contribution < 1.29 is 17.9 Å². The van der Waals surface area contributed by atoms with Crippen LogP contribution in [-0.2, 0) is 13.8 Å². The summed E-state index contributed by atoms with van der Waals surface area (Å²) in [6, 6.07) is -0.132. The number of nitrogens with zero attached hydrogens (tertiary/aromatic N) is 1. The summed E-state index contributed by atoms with van der Waals surface area (Å²) in [4.78, 5) is 13.9. The Morgan fingerprint density at radius 2 is 2.00 bits per heavy atom. The van der Waals surface area contributed by atoms with Crippen LogP contribution in [0.25, 0.3) is 0 Å². The van der Waals surface area contributed by atoms with Gasteiger partial charge in [0.2, 0.25) is 9.05 Å². The molecule has 0 N–H and O–H groups in total. The van der Waals surface area contributed by atoms with Gasteiger partial charge in [-0.1, -0.05) is 6.92 Å². The maximum Gasteiger partial charge on any atom is 0.410 e. The minimum atomic E-state index is -3.54. The van der Waals surface area contributed by atoms with Crippen molar-refractivity contribution in [1.82, 2.24) is 4.90 Å². The zero-order valence-electron chi connectivity index (χ0n) is 12.6. The highest BCUT2D eigenvalue weighted by atomic mass is 35.7. The molecule has 0 aromatic heterocycles. The third-order valence-corrected chi connectivity index (χ3v) is 4.59. The summed E-state index contributed by atoms with van der Waals surface area (Å²) < 4.78 is 27.6. The molecule has 20 heavy (non-hydrogen) atoms. The number of piperidine rings is 1. The molecular formula is C13H24ClNO4S. The molecule has 1 amide bonds. The lowest BCUT2D eigenvalue weighted by molar-refractivity contribution is 0.00121. The Hall–Kier alpha value is -0.490. The summed E-state index contributed by atoms with van der Waals surface area (Å²) in [5.41, 5.74) is -0.555. The van der Waals surface area contributed by atoms with Crippen molar-refractivity contribution in [3.63, 3.8) is 0 Å². The summed E-state index contributed by atoms with van der Waals surface area (Å²) in [7, 11) is 1.73. The molecule has 2 atom stereocenters. The maximum absolute atomic E-state index is 12.2. The van der Waals surface area contributed by atoms with Gasteiger partial charge in [0.1, 0.15) is 5.60 Å². The Labute approximate surface area is 126 Å². The molecule has 1 rings (SSSR count). The van der Waals surface area contributed by atoms with Crippen LogP contribution < -0.4 is 0 Å². The molecule has 5 nitrogen and oxygen atoms in total. The Kier molecular flexibility index (Phi) is 5.72. The molecule has 0 spiro atoms. The number of halogens is 1. The zero-order valence-corrected chi connectivity index (χ0v) is 14.1. The predicted octanol–water partition coefficient (Wildman–Crippen LogP) is 2.98. The summed E-state index contributed by atoms with van der Waals surface area (Å²) >= 11 is 0. The zero-order chi connectivity index (χ0) is 15.6. The largest absolute Gasteiger partial charge is 0.444 e. The Morgan fingerprint density at radius 3 is 2.50 bits per heavy atom. The van der Waals surface area contributed by atoms with Crippen LogP contribution in [0.5, 0.6) is 0 Å². The SMILES string of the molecule is CC1CCCN(C(=O)OC(C)(C)C)C1CCS(=O)(=O)Cl. The molecule has 0 aromatic carbocycles. The third kappa shape index (κ3) is 5.87. The topological polar surface area (TPSA) is 63.7 Å². The van der Waals surface area contributed by atoms with Crippen molar-refractivity contribution >= 4 is 25.8 Å². The summed E-state index contributed by atoms with van der Waals surface area (Å²) in [5.74, 6) is 0.123. The minimum absolute atomic E-state index is 0.122. The molecule has 1 aliphatic rings. The van der Waals surface area contributed by atoms with Gasteiger partial charge in [-0.15, -0.1) is 0 Å². The van der Waals surface area contributed by atoms with E-state index in [1.807, 2.05) is 27.7 Å². The molecule has 118 valence electrons. The number of ether oxygens (including phenoxy) is 1. The first kappa shape index (κ1) is 17.6. The van der Waals surface area contributed by atoms with E-state index in [0.29, 0.717) is 13.0 Å². The van der Waals surface area contributed by atoms with Gasteiger partial charge in [-0.25, -0.2) is 13.2 Å². The maximum atomic E-state index is 12.2. The number of amides is 1. The van der Waals surface area contributed by atoms with Crippen LogP contribution in [0.15, 0.2) is 0 Å². The van der Waals surface area contributed by atoms with Crippen LogP contribution in [0.4, 0.5) is 4.79 Å². The van der Waals surface area contributed by atoms with E-state index in [1.165, 1.54) is 0 Å². The van der Waals surface area contributed by atoms with E-state index in [2.05, 4.69) is 0 Å². The van der Waals surface area contributed by atoms with E-state index in [-0.39, 0.29) is 23.8 Å². The fraction of sp³-hybridized carbons (Fsp3) is 0.923. The minimum Gasteiger partial charge on any atom is -0.444 e. The predicted molar refractivity (Wildman–Crippen MR) is 79.4 cm³/mol. The normalized spacial score (nSPS) is 24.6. The number of carbonyl (C=O) groups is 1. The first-order chi connectivity index (χ1) is 8.99. The van der Waals surface area contributed by atoms with Crippen molar-refractivity contribution in [2.75, 3.05) is 12.3 Å². The molecule has 1 aliphatic heterocycles. The van der Waals surface area contributed by atoms with Crippen LogP contribution in [0.3, 0.4) is 0 Å². The van der Waals surface area contributed by atoms with E-state index in [9.17, 15) is 13.2 Å². The highest BCUT2D eigenvalue weighted by molar-refractivity contribution is 8.13. The van der Waals surface area contributed by atoms with E-state index in [0.717, 1.165) is 12.8 Å². The van der Waals surface area contributed by atoms with Crippen LogP contribution >= 0.6 is 10.7 Å². The molecule has 0 bridgehead atoms. The van der Waals surface area contributed by atoms with Gasteiger partial charge in [-0.3, -0.25) is 0 Å². The van der Waals surface area contributed by atoms with Crippen molar-refractivity contribution in [2.24, 2.45) is 5.92 Å². The van der Waals surface area contributed by atoms with Crippen molar-refractivity contribution in [1.29, 1.82) is 0 Å². The molecule has 0 radical (unpaired) electrons. The van der Waals surface area contributed by atoms with E-state index < -0.39 is 14.7 Å². The first-order valence-corrected chi connectivity index (χ1v) is 9.39. The molecule has 1 saturated heterocycles. The van der Waals surface area contributed by atoms with E-state index in [1.54, 1.807) is 4.90 Å². The highest BCUT2D eigenvalue weighted by Gasteiger charge is 2.34. The lowest BCUT2D eigenvalue weighted by atomic mass is 9.89. The average molecular weight is 326 g/mol. The van der Waals surface area contributed by atoms with Crippen molar-refractivity contribution in [3.05, 3.63) is 0 Å². The first-order valence-electron chi connectivity index (χ1n) is 6.91. The second-order valence-electron chi connectivity index (χ2n) is 6.39. The van der Waals surface area contributed by atoms with E-state index in [4.69, 9.17) is 15.4 Å². The average Bonchev–Trinajstić information content (AvgIpc) is 2.23. The standard InChI is InChI=1S/C13H24ClNO4S/c1-10-6-5-8-15(12(16)19-13(2,3)4)11(10)7-9-20(14,17)18/h10-11H,5-9H2,1-4H3. The molecule has 1 fully saturated rings. The number of hydrogen-bond acceptors (Lipinski definition) is 4. The molecule has 0 aliphatic carbocycles. The van der Waals surface area contributed by atoms with Gasteiger partial charge < -0.3 is 9.64 Å². The number of rotatable bonds is 3. The van der Waals surface area contributed by atoms with Gasteiger partial charge in [0.15, 0.2) is 0 Å². The molecule has 1 heterocycles. The Balaban J connectivity index is 2.76.